The number of nitrogens with zero attached hydrogens (tertiary/aromatic N) is 3. The third-order valence-corrected chi connectivity index (χ3v) is 10.3. The number of aromatic nitrogens is 2. The highest BCUT2D eigenvalue weighted by molar-refractivity contribution is 6.38. The van der Waals surface area contributed by atoms with E-state index in [9.17, 15) is 41.9 Å². The molecule has 0 bridgehead atoms. The first kappa shape index (κ1) is 39.4. The van der Waals surface area contributed by atoms with E-state index < -0.39 is 88.8 Å². The van der Waals surface area contributed by atoms with Crippen molar-refractivity contribution in [2.75, 3.05) is 13.1 Å². The van der Waals surface area contributed by atoms with E-state index in [1.165, 1.54) is 29.6 Å². The molecule has 0 spiro atoms. The van der Waals surface area contributed by atoms with Gasteiger partial charge in [0.25, 0.3) is 11.8 Å². The van der Waals surface area contributed by atoms with Crippen molar-refractivity contribution in [3.63, 3.8) is 0 Å². The second kappa shape index (κ2) is 15.5. The SMILES string of the molecule is C=CCNC(=O)C(=O)C(CC(F)(F)F)NC(=O)[C@@H]1[C@@H]2[C@H](CN1C(=O)[C@@H](NC(=O)[C@@H](NC(=O)c1cnccn1)C1CCCCC1)C(C)(C)C)C2(C)C. The molecule has 6 atom stereocenters. The predicted molar refractivity (Wildman–Crippen MR) is 178 cm³/mol. The Morgan fingerprint density at radius 1 is 1.02 bits per heavy atom. The van der Waals surface area contributed by atoms with E-state index in [1.54, 1.807) is 20.8 Å². The molecular weight excluding hydrogens is 671 g/mol. The number of fused-ring (bicyclic) bond motifs is 1. The Morgan fingerprint density at radius 2 is 1.69 bits per heavy atom. The van der Waals surface area contributed by atoms with Crippen molar-refractivity contribution in [3.05, 3.63) is 36.9 Å². The van der Waals surface area contributed by atoms with E-state index in [0.29, 0.717) is 12.8 Å². The molecule has 0 radical (unpaired) electrons. The number of likely N-dealkylation sites (tertiary alicyclic amines) is 1. The first-order valence-corrected chi connectivity index (χ1v) is 17.3. The molecule has 280 valence electrons. The van der Waals surface area contributed by atoms with Crippen LogP contribution >= 0.6 is 0 Å². The van der Waals surface area contributed by atoms with Gasteiger partial charge in [0.1, 0.15) is 29.9 Å². The van der Waals surface area contributed by atoms with Crippen LogP contribution in [0, 0.1) is 28.6 Å². The zero-order valence-electron chi connectivity index (χ0n) is 29.6. The summed E-state index contributed by atoms with van der Waals surface area (Å²) in [5.41, 5.74) is -1.34. The molecule has 4 rings (SSSR count). The molecule has 3 aliphatic rings. The molecule has 2 saturated carbocycles. The summed E-state index contributed by atoms with van der Waals surface area (Å²) >= 11 is 0. The maximum Gasteiger partial charge on any atom is 0.391 e. The summed E-state index contributed by atoms with van der Waals surface area (Å²) in [5.74, 6) is -6.49. The zero-order chi connectivity index (χ0) is 37.9. The van der Waals surface area contributed by atoms with Crippen molar-refractivity contribution < 1.29 is 41.9 Å². The molecule has 0 aromatic carbocycles. The van der Waals surface area contributed by atoms with Crippen LogP contribution in [0.2, 0.25) is 0 Å². The molecule has 1 unspecified atom stereocenters. The minimum Gasteiger partial charge on any atom is -0.346 e. The van der Waals surface area contributed by atoms with Gasteiger partial charge in [-0.3, -0.25) is 33.8 Å². The average molecular weight is 720 g/mol. The van der Waals surface area contributed by atoms with Gasteiger partial charge >= 0.3 is 6.18 Å². The van der Waals surface area contributed by atoms with Crippen molar-refractivity contribution in [1.29, 1.82) is 0 Å². The molecule has 2 heterocycles. The number of piperidine rings is 1. The standard InChI is InChI=1S/C35H48F3N7O6/c1-7-13-41-31(50)26(46)21(16-35(36,37)38)42-30(49)25-23-20(34(23,5)6)18-45(25)32(51)27(33(2,3)4)44-29(48)24(19-11-9-8-10-12-19)43-28(47)22-17-39-14-15-40-22/h7,14-15,17,19-21,23-25,27H,1,8-13,16,18H2,2-6H3,(H,41,50)(H,42,49)(H,43,47)(H,44,48)/t20-,21?,23-,24-,25-,27+/m0/s1. The van der Waals surface area contributed by atoms with Gasteiger partial charge < -0.3 is 26.2 Å². The van der Waals surface area contributed by atoms with Crippen LogP contribution in [0.15, 0.2) is 31.2 Å². The average Bonchev–Trinajstić information content (AvgIpc) is 3.37. The molecule has 4 N–H and O–H groups in total. The molecule has 1 aromatic rings. The largest absolute Gasteiger partial charge is 0.391 e. The monoisotopic (exact) mass is 719 g/mol. The molecule has 1 aromatic heterocycles. The van der Waals surface area contributed by atoms with Gasteiger partial charge in [-0.2, -0.15) is 13.2 Å². The number of carbonyl (C=O) groups is 6. The van der Waals surface area contributed by atoms with E-state index in [2.05, 4.69) is 37.8 Å². The third kappa shape index (κ3) is 9.30. The Balaban J connectivity index is 1.60. The van der Waals surface area contributed by atoms with Crippen molar-refractivity contribution in [2.24, 2.45) is 28.6 Å². The predicted octanol–water partition coefficient (Wildman–Crippen LogP) is 2.48. The summed E-state index contributed by atoms with van der Waals surface area (Å²) in [7, 11) is 0. The topological polar surface area (TPSA) is 180 Å². The van der Waals surface area contributed by atoms with Gasteiger partial charge in [0.15, 0.2) is 0 Å². The van der Waals surface area contributed by atoms with Gasteiger partial charge in [0.05, 0.1) is 12.6 Å². The molecular formula is C35H48F3N7O6. The van der Waals surface area contributed by atoms with Gasteiger partial charge in [-0.1, -0.05) is 60.0 Å². The number of amides is 5. The maximum absolute atomic E-state index is 14.4. The molecule has 1 saturated heterocycles. The van der Waals surface area contributed by atoms with Gasteiger partial charge in [-0.05, 0) is 41.4 Å². The molecule has 13 nitrogen and oxygen atoms in total. The summed E-state index contributed by atoms with van der Waals surface area (Å²) in [6.07, 6.45) is 2.62. The van der Waals surface area contributed by atoms with E-state index >= 15 is 0 Å². The quantitative estimate of drug-likeness (QED) is 0.177. The van der Waals surface area contributed by atoms with Gasteiger partial charge in [0, 0.05) is 25.5 Å². The highest BCUT2D eigenvalue weighted by Crippen LogP contribution is 2.65. The Labute approximate surface area is 295 Å². The van der Waals surface area contributed by atoms with Gasteiger partial charge in [-0.25, -0.2) is 4.98 Å². The third-order valence-electron chi connectivity index (χ3n) is 10.3. The van der Waals surface area contributed by atoms with E-state index in [0.717, 1.165) is 19.3 Å². The highest BCUT2D eigenvalue weighted by atomic mass is 19.4. The number of carbonyl (C=O) groups excluding carboxylic acids is 6. The summed E-state index contributed by atoms with van der Waals surface area (Å²) in [5, 5.41) is 9.91. The van der Waals surface area contributed by atoms with Crippen molar-refractivity contribution in [1.82, 2.24) is 36.1 Å². The highest BCUT2D eigenvalue weighted by Gasteiger charge is 2.70. The Kier molecular flexibility index (Phi) is 12.0. The maximum atomic E-state index is 14.4. The normalized spacial score (nSPS) is 23.1. The summed E-state index contributed by atoms with van der Waals surface area (Å²) in [6.45, 7) is 12.2. The number of hydrogen-bond acceptors (Lipinski definition) is 8. The molecule has 16 heteroatoms. The van der Waals surface area contributed by atoms with Crippen LogP contribution in [0.3, 0.4) is 0 Å². The van der Waals surface area contributed by atoms with Crippen molar-refractivity contribution in [3.8, 4) is 0 Å². The Morgan fingerprint density at radius 3 is 2.25 bits per heavy atom. The van der Waals surface area contributed by atoms with Crippen LogP contribution in [0.1, 0.15) is 83.6 Å². The lowest BCUT2D eigenvalue weighted by atomic mass is 9.82. The summed E-state index contributed by atoms with van der Waals surface area (Å²) < 4.78 is 40.7. The lowest BCUT2D eigenvalue weighted by Crippen LogP contribution is -2.63. The number of ketones is 1. The van der Waals surface area contributed by atoms with Gasteiger partial charge in [-0.15, -0.1) is 6.58 Å². The fraction of sp³-hybridized carbons (Fsp3) is 0.657. The first-order valence-electron chi connectivity index (χ1n) is 17.3. The van der Waals surface area contributed by atoms with E-state index in [4.69, 9.17) is 0 Å². The number of nitrogens with one attached hydrogen (secondary N) is 4. The van der Waals surface area contributed by atoms with E-state index in [1.807, 2.05) is 13.8 Å². The lowest BCUT2D eigenvalue weighted by molar-refractivity contribution is -0.155. The minimum atomic E-state index is -4.90. The molecule has 3 fully saturated rings. The van der Waals surface area contributed by atoms with Crippen molar-refractivity contribution >= 4 is 35.3 Å². The second-order valence-electron chi connectivity index (χ2n) is 15.4. The molecule has 5 amide bonds. The molecule has 51 heavy (non-hydrogen) atoms. The molecule has 1 aliphatic heterocycles. The Hall–Kier alpha value is -4.37. The minimum absolute atomic E-state index is 0.0165. The lowest BCUT2D eigenvalue weighted by Gasteiger charge is -2.39. The number of Topliss-reactive ketones (excluding diaryl/α,β-unsaturated/α-hetero) is 1. The zero-order valence-corrected chi connectivity index (χ0v) is 29.6. The fourth-order valence-corrected chi connectivity index (χ4v) is 7.46. The van der Waals surface area contributed by atoms with Crippen LogP contribution in [0.25, 0.3) is 0 Å². The van der Waals surface area contributed by atoms with Crippen LogP contribution in [-0.2, 0) is 24.0 Å². The van der Waals surface area contributed by atoms with Crippen LogP contribution in [0.4, 0.5) is 13.2 Å². The number of alkyl halides is 3. The first-order chi connectivity index (χ1) is 23.8. The van der Waals surface area contributed by atoms with E-state index in [-0.39, 0.29) is 30.6 Å². The summed E-state index contributed by atoms with van der Waals surface area (Å²) in [6, 6.07) is -5.72. The van der Waals surface area contributed by atoms with Crippen LogP contribution in [-0.4, -0.2) is 93.6 Å². The van der Waals surface area contributed by atoms with Gasteiger partial charge in [0.2, 0.25) is 23.5 Å². The number of rotatable bonds is 13. The molecule has 2 aliphatic carbocycles. The van der Waals surface area contributed by atoms with Crippen LogP contribution < -0.4 is 21.3 Å². The van der Waals surface area contributed by atoms with Crippen LogP contribution in [0.5, 0.6) is 0 Å². The summed E-state index contributed by atoms with van der Waals surface area (Å²) in [4.78, 5) is 89.9. The number of halogens is 3. The smallest absolute Gasteiger partial charge is 0.346 e. The second-order valence-corrected chi connectivity index (χ2v) is 15.4. The fourth-order valence-electron chi connectivity index (χ4n) is 7.46. The Bertz CT molecular complexity index is 1510. The van der Waals surface area contributed by atoms with Crippen molar-refractivity contribution in [2.45, 2.75) is 103 Å². The number of hydrogen-bond donors (Lipinski definition) is 4.